The molecule has 0 fully saturated rings. The van der Waals surface area contributed by atoms with Gasteiger partial charge in [0.15, 0.2) is 0 Å². The van der Waals surface area contributed by atoms with Gasteiger partial charge in [0.05, 0.1) is 23.6 Å². The van der Waals surface area contributed by atoms with Crippen LogP contribution in [0.4, 0.5) is 11.4 Å². The number of ether oxygens (including phenoxy) is 1. The third-order valence-electron chi connectivity index (χ3n) is 2.03. The molecule has 7 heteroatoms. The van der Waals surface area contributed by atoms with Crippen LogP contribution in [0.2, 0.25) is 0 Å². The van der Waals surface area contributed by atoms with Gasteiger partial charge >= 0.3 is 5.97 Å². The standard InChI is InChI=1S/C10H11BrN2O4/c1-2-17-10(14)4-6-3-7(11)8(12)5-9(6)13(15)16/h3,5H,2,4,12H2,1H3. The third kappa shape index (κ3) is 3.42. The van der Waals surface area contributed by atoms with E-state index >= 15 is 0 Å². The Kier molecular flexibility index (Phi) is 4.45. The summed E-state index contributed by atoms with van der Waals surface area (Å²) >= 11 is 3.16. The van der Waals surface area contributed by atoms with Gasteiger partial charge in [0.1, 0.15) is 0 Å². The van der Waals surface area contributed by atoms with Crippen molar-refractivity contribution in [2.24, 2.45) is 0 Å². The number of anilines is 1. The van der Waals surface area contributed by atoms with E-state index in [4.69, 9.17) is 10.5 Å². The molecule has 0 aliphatic heterocycles. The Labute approximate surface area is 106 Å². The summed E-state index contributed by atoms with van der Waals surface area (Å²) in [4.78, 5) is 21.5. The predicted molar refractivity (Wildman–Crippen MR) is 65.5 cm³/mol. The summed E-state index contributed by atoms with van der Waals surface area (Å²) in [5, 5.41) is 10.8. The average molecular weight is 303 g/mol. The molecular weight excluding hydrogens is 292 g/mol. The lowest BCUT2D eigenvalue weighted by atomic mass is 10.1. The number of nitro benzene ring substituents is 1. The monoisotopic (exact) mass is 302 g/mol. The lowest BCUT2D eigenvalue weighted by Crippen LogP contribution is -2.09. The molecule has 0 bridgehead atoms. The summed E-state index contributed by atoms with van der Waals surface area (Å²) in [7, 11) is 0. The smallest absolute Gasteiger partial charge is 0.310 e. The Bertz CT molecular complexity index is 462. The number of hydrogen-bond donors (Lipinski definition) is 1. The molecule has 1 aromatic rings. The average Bonchev–Trinajstić information content (AvgIpc) is 2.23. The van der Waals surface area contributed by atoms with Crippen molar-refractivity contribution in [2.75, 3.05) is 12.3 Å². The van der Waals surface area contributed by atoms with Crippen molar-refractivity contribution in [3.63, 3.8) is 0 Å². The maximum absolute atomic E-state index is 11.3. The molecule has 0 unspecified atom stereocenters. The normalized spacial score (nSPS) is 10.0. The van der Waals surface area contributed by atoms with Crippen molar-refractivity contribution in [2.45, 2.75) is 13.3 Å². The summed E-state index contributed by atoms with van der Waals surface area (Å²) in [5.74, 6) is -0.507. The minimum absolute atomic E-state index is 0.150. The van der Waals surface area contributed by atoms with Crippen LogP contribution in [0.5, 0.6) is 0 Å². The van der Waals surface area contributed by atoms with Crippen LogP contribution in [0.25, 0.3) is 0 Å². The molecule has 0 aliphatic carbocycles. The zero-order valence-corrected chi connectivity index (χ0v) is 10.7. The molecule has 0 saturated heterocycles. The first-order valence-corrected chi connectivity index (χ1v) is 5.63. The van der Waals surface area contributed by atoms with Gasteiger partial charge in [0, 0.05) is 16.1 Å². The van der Waals surface area contributed by atoms with Gasteiger partial charge in [-0.1, -0.05) is 0 Å². The minimum atomic E-state index is -0.572. The molecule has 17 heavy (non-hydrogen) atoms. The second-order valence-electron chi connectivity index (χ2n) is 3.24. The molecule has 0 atom stereocenters. The number of carbonyl (C=O) groups excluding carboxylic acids is 1. The number of rotatable bonds is 4. The summed E-state index contributed by atoms with van der Waals surface area (Å²) in [6.07, 6.45) is -0.150. The van der Waals surface area contributed by atoms with Gasteiger partial charge in [-0.3, -0.25) is 14.9 Å². The lowest BCUT2D eigenvalue weighted by Gasteiger charge is -2.05. The van der Waals surface area contributed by atoms with Crippen LogP contribution in [0.1, 0.15) is 12.5 Å². The second kappa shape index (κ2) is 5.62. The number of nitrogens with zero attached hydrogens (tertiary/aromatic N) is 1. The molecule has 0 amide bonds. The van der Waals surface area contributed by atoms with Gasteiger partial charge in [-0.15, -0.1) is 0 Å². The van der Waals surface area contributed by atoms with E-state index in [1.54, 1.807) is 6.92 Å². The SMILES string of the molecule is CCOC(=O)Cc1cc(Br)c(N)cc1[N+](=O)[O-]. The van der Waals surface area contributed by atoms with Crippen LogP contribution >= 0.6 is 15.9 Å². The topological polar surface area (TPSA) is 95.5 Å². The summed E-state index contributed by atoms with van der Waals surface area (Å²) in [6, 6.07) is 2.68. The Hall–Kier alpha value is -1.63. The van der Waals surface area contributed by atoms with E-state index in [9.17, 15) is 14.9 Å². The summed E-state index contributed by atoms with van der Waals surface area (Å²) < 4.78 is 5.26. The highest BCUT2D eigenvalue weighted by atomic mass is 79.9. The second-order valence-corrected chi connectivity index (χ2v) is 4.10. The summed E-state index contributed by atoms with van der Waals surface area (Å²) in [6.45, 7) is 1.91. The third-order valence-corrected chi connectivity index (χ3v) is 2.72. The van der Waals surface area contributed by atoms with E-state index in [-0.39, 0.29) is 30.0 Å². The highest BCUT2D eigenvalue weighted by Crippen LogP contribution is 2.29. The van der Waals surface area contributed by atoms with Crippen molar-refractivity contribution in [3.05, 3.63) is 32.3 Å². The number of benzene rings is 1. The van der Waals surface area contributed by atoms with Crippen molar-refractivity contribution >= 4 is 33.3 Å². The van der Waals surface area contributed by atoms with Gasteiger partial charge in [0.2, 0.25) is 0 Å². The molecule has 0 radical (unpaired) electrons. The number of nitro groups is 1. The first kappa shape index (κ1) is 13.4. The number of nitrogens with two attached hydrogens (primary N) is 1. The molecular formula is C10H11BrN2O4. The number of nitrogen functional groups attached to an aromatic ring is 1. The van der Waals surface area contributed by atoms with Gasteiger partial charge in [-0.05, 0) is 28.9 Å². The van der Waals surface area contributed by atoms with Crippen LogP contribution in [-0.2, 0) is 16.0 Å². The molecule has 1 aromatic carbocycles. The Balaban J connectivity index is 3.08. The fourth-order valence-corrected chi connectivity index (χ4v) is 1.69. The Morgan fingerprint density at radius 2 is 2.24 bits per heavy atom. The molecule has 0 saturated carbocycles. The van der Waals surface area contributed by atoms with Crippen molar-refractivity contribution < 1.29 is 14.5 Å². The van der Waals surface area contributed by atoms with Crippen LogP contribution in [0, 0.1) is 10.1 Å². The van der Waals surface area contributed by atoms with E-state index in [1.165, 1.54) is 12.1 Å². The zero-order valence-electron chi connectivity index (χ0n) is 9.10. The van der Waals surface area contributed by atoms with Crippen LogP contribution in [0.15, 0.2) is 16.6 Å². The molecule has 0 aliphatic rings. The van der Waals surface area contributed by atoms with Crippen molar-refractivity contribution in [1.82, 2.24) is 0 Å². The first-order chi connectivity index (χ1) is 7.95. The molecule has 2 N–H and O–H groups in total. The first-order valence-electron chi connectivity index (χ1n) is 4.83. The molecule has 1 rings (SSSR count). The molecule has 92 valence electrons. The zero-order chi connectivity index (χ0) is 13.0. The van der Waals surface area contributed by atoms with Crippen molar-refractivity contribution in [3.8, 4) is 0 Å². The number of halogens is 1. The fourth-order valence-electron chi connectivity index (χ4n) is 1.30. The summed E-state index contributed by atoms with van der Waals surface area (Å²) in [5.41, 5.74) is 5.89. The minimum Gasteiger partial charge on any atom is -0.466 e. The number of carbonyl (C=O) groups is 1. The molecule has 6 nitrogen and oxygen atoms in total. The van der Waals surface area contributed by atoms with Crippen LogP contribution < -0.4 is 5.73 Å². The van der Waals surface area contributed by atoms with Gasteiger partial charge in [-0.2, -0.15) is 0 Å². The largest absolute Gasteiger partial charge is 0.466 e. The van der Waals surface area contributed by atoms with Gasteiger partial charge < -0.3 is 10.5 Å². The fraction of sp³-hybridized carbons (Fsp3) is 0.300. The maximum Gasteiger partial charge on any atom is 0.310 e. The van der Waals surface area contributed by atoms with Crippen LogP contribution in [-0.4, -0.2) is 17.5 Å². The predicted octanol–water partition coefficient (Wildman–Crippen LogP) is 2.05. The van der Waals surface area contributed by atoms with Gasteiger partial charge in [0.25, 0.3) is 5.69 Å². The highest BCUT2D eigenvalue weighted by molar-refractivity contribution is 9.10. The number of esters is 1. The van der Waals surface area contributed by atoms with Crippen molar-refractivity contribution in [1.29, 1.82) is 0 Å². The van der Waals surface area contributed by atoms with Gasteiger partial charge in [-0.25, -0.2) is 0 Å². The Morgan fingerprint density at radius 3 is 2.76 bits per heavy atom. The van der Waals surface area contributed by atoms with E-state index in [2.05, 4.69) is 15.9 Å². The highest BCUT2D eigenvalue weighted by Gasteiger charge is 2.19. The van der Waals surface area contributed by atoms with E-state index in [1.807, 2.05) is 0 Å². The molecule has 0 heterocycles. The molecule has 0 aromatic heterocycles. The molecule has 0 spiro atoms. The Morgan fingerprint density at radius 1 is 1.59 bits per heavy atom. The maximum atomic E-state index is 11.3. The van der Waals surface area contributed by atoms with Crippen LogP contribution in [0.3, 0.4) is 0 Å². The lowest BCUT2D eigenvalue weighted by molar-refractivity contribution is -0.385. The number of hydrogen-bond acceptors (Lipinski definition) is 5. The quantitative estimate of drug-likeness (QED) is 0.397. The van der Waals surface area contributed by atoms with E-state index in [0.29, 0.717) is 4.47 Å². The van der Waals surface area contributed by atoms with E-state index < -0.39 is 10.9 Å². The van der Waals surface area contributed by atoms with E-state index in [0.717, 1.165) is 0 Å².